The molecule has 0 radical (unpaired) electrons. The van der Waals surface area contributed by atoms with Gasteiger partial charge in [0.25, 0.3) is 0 Å². The Bertz CT molecular complexity index is 532. The summed E-state index contributed by atoms with van der Waals surface area (Å²) in [5.41, 5.74) is 2.39. The lowest BCUT2D eigenvalue weighted by Gasteiger charge is -2.09. The summed E-state index contributed by atoms with van der Waals surface area (Å²) in [6.07, 6.45) is 0. The van der Waals surface area contributed by atoms with Crippen LogP contribution in [0.4, 0.5) is 0 Å². The number of hydrogen-bond donors (Lipinski definition) is 0. The van der Waals surface area contributed by atoms with E-state index in [-0.39, 0.29) is 0 Å². The number of rotatable bonds is 4. The van der Waals surface area contributed by atoms with Gasteiger partial charge in [0.2, 0.25) is 0 Å². The first-order valence-electron chi connectivity index (χ1n) is 6.28. The van der Waals surface area contributed by atoms with E-state index in [9.17, 15) is 0 Å². The van der Waals surface area contributed by atoms with Crippen molar-refractivity contribution in [2.75, 3.05) is 0 Å². The molecule has 0 N–H and O–H groups in total. The molecular weight excluding hydrogens is 242 g/mol. The minimum atomic E-state index is 0.518. The minimum absolute atomic E-state index is 0.518. The van der Waals surface area contributed by atoms with E-state index in [2.05, 4.69) is 66.7 Å². The third-order valence-corrected chi connectivity index (χ3v) is 3.63. The Hall–Kier alpha value is -1.29. The van der Waals surface area contributed by atoms with Crippen LogP contribution in [0.2, 0.25) is 0 Å². The number of hydrogen-bond acceptors (Lipinski definition) is 3. The second-order valence-corrected chi connectivity index (χ2v) is 6.13. The molecule has 0 amide bonds. The van der Waals surface area contributed by atoms with Gasteiger partial charge in [0.1, 0.15) is 0 Å². The normalized spacial score (nSPS) is 11.2. The van der Waals surface area contributed by atoms with E-state index in [0.29, 0.717) is 5.25 Å². The fourth-order valence-corrected chi connectivity index (χ4v) is 2.72. The zero-order chi connectivity index (χ0) is 13.1. The molecule has 1 aromatic heterocycles. The van der Waals surface area contributed by atoms with Crippen molar-refractivity contribution in [1.82, 2.24) is 14.8 Å². The summed E-state index contributed by atoms with van der Waals surface area (Å²) < 4.78 is 2.18. The first-order valence-corrected chi connectivity index (χ1v) is 7.16. The highest BCUT2D eigenvalue weighted by Crippen LogP contribution is 2.26. The van der Waals surface area contributed by atoms with Gasteiger partial charge in [0.15, 0.2) is 11.0 Å². The van der Waals surface area contributed by atoms with E-state index >= 15 is 0 Å². The fraction of sp³-hybridized carbons (Fsp3) is 0.429. The van der Waals surface area contributed by atoms with Crippen molar-refractivity contribution in [3.63, 3.8) is 0 Å². The summed E-state index contributed by atoms with van der Waals surface area (Å²) >= 11 is 1.76. The Morgan fingerprint density at radius 2 is 2.06 bits per heavy atom. The van der Waals surface area contributed by atoms with Crippen LogP contribution in [0.5, 0.6) is 0 Å². The summed E-state index contributed by atoms with van der Waals surface area (Å²) in [7, 11) is 0. The van der Waals surface area contributed by atoms with Gasteiger partial charge >= 0.3 is 0 Å². The molecule has 4 heteroatoms. The van der Waals surface area contributed by atoms with Gasteiger partial charge in [-0.3, -0.25) is 0 Å². The Kier molecular flexibility index (Phi) is 4.07. The predicted molar refractivity (Wildman–Crippen MR) is 76.9 cm³/mol. The summed E-state index contributed by atoms with van der Waals surface area (Å²) in [6, 6.07) is 8.40. The van der Waals surface area contributed by atoms with Gasteiger partial charge in [-0.2, -0.15) is 0 Å². The zero-order valence-electron chi connectivity index (χ0n) is 11.3. The second-order valence-electron chi connectivity index (χ2n) is 4.59. The molecule has 0 spiro atoms. The molecule has 0 aliphatic rings. The number of nitrogens with zero attached hydrogens (tertiary/aromatic N) is 3. The lowest BCUT2D eigenvalue weighted by molar-refractivity contribution is 0.686. The van der Waals surface area contributed by atoms with Crippen LogP contribution in [0, 0.1) is 6.92 Å². The molecule has 0 aliphatic carbocycles. The highest BCUT2D eigenvalue weighted by Gasteiger charge is 2.13. The van der Waals surface area contributed by atoms with Crippen molar-refractivity contribution in [3.8, 4) is 11.4 Å². The van der Waals surface area contributed by atoms with Gasteiger partial charge in [0.05, 0.1) is 0 Å². The summed E-state index contributed by atoms with van der Waals surface area (Å²) in [5.74, 6) is 0.962. The van der Waals surface area contributed by atoms with Gasteiger partial charge in [-0.1, -0.05) is 49.4 Å². The van der Waals surface area contributed by atoms with Crippen LogP contribution in [0.15, 0.2) is 29.4 Å². The molecule has 96 valence electrons. The third-order valence-electron chi connectivity index (χ3n) is 2.65. The summed E-state index contributed by atoms with van der Waals surface area (Å²) in [4.78, 5) is 0. The number of benzene rings is 1. The van der Waals surface area contributed by atoms with Crippen LogP contribution in [0.25, 0.3) is 11.4 Å². The Labute approximate surface area is 113 Å². The largest absolute Gasteiger partial charge is 0.302 e. The number of aryl methyl sites for hydroxylation is 1. The maximum absolute atomic E-state index is 4.34. The highest BCUT2D eigenvalue weighted by molar-refractivity contribution is 7.99. The van der Waals surface area contributed by atoms with E-state index in [1.807, 2.05) is 0 Å². The lowest BCUT2D eigenvalue weighted by atomic mass is 10.1. The van der Waals surface area contributed by atoms with Crippen molar-refractivity contribution in [2.24, 2.45) is 0 Å². The topological polar surface area (TPSA) is 30.7 Å². The maximum Gasteiger partial charge on any atom is 0.191 e. The molecule has 18 heavy (non-hydrogen) atoms. The average molecular weight is 261 g/mol. The van der Waals surface area contributed by atoms with Crippen LogP contribution in [-0.4, -0.2) is 20.0 Å². The van der Waals surface area contributed by atoms with Crippen LogP contribution in [0.3, 0.4) is 0 Å². The van der Waals surface area contributed by atoms with Crippen molar-refractivity contribution in [1.29, 1.82) is 0 Å². The van der Waals surface area contributed by atoms with Gasteiger partial charge in [-0.25, -0.2) is 0 Å². The predicted octanol–water partition coefficient (Wildman–Crippen LogP) is 3.77. The van der Waals surface area contributed by atoms with Crippen LogP contribution in [0.1, 0.15) is 26.3 Å². The molecule has 0 unspecified atom stereocenters. The molecule has 0 atom stereocenters. The van der Waals surface area contributed by atoms with Gasteiger partial charge in [0, 0.05) is 17.4 Å². The molecule has 0 bridgehead atoms. The quantitative estimate of drug-likeness (QED) is 0.785. The van der Waals surface area contributed by atoms with E-state index < -0.39 is 0 Å². The first-order chi connectivity index (χ1) is 8.61. The number of aromatic nitrogens is 3. The van der Waals surface area contributed by atoms with Crippen molar-refractivity contribution < 1.29 is 0 Å². The van der Waals surface area contributed by atoms with Crippen LogP contribution < -0.4 is 0 Å². The molecule has 0 aliphatic heterocycles. The van der Waals surface area contributed by atoms with Gasteiger partial charge in [-0.05, 0) is 19.9 Å². The fourth-order valence-electron chi connectivity index (χ4n) is 1.87. The third kappa shape index (κ3) is 2.75. The first kappa shape index (κ1) is 13.1. The molecule has 1 heterocycles. The van der Waals surface area contributed by atoms with Gasteiger partial charge < -0.3 is 4.57 Å². The highest BCUT2D eigenvalue weighted by atomic mass is 32.2. The lowest BCUT2D eigenvalue weighted by Crippen LogP contribution is -2.01. The molecule has 1 aromatic carbocycles. The molecule has 0 saturated carbocycles. The SMILES string of the molecule is CCn1c(SC(C)C)nnc1-c1cccc(C)c1. The molecular formula is C14H19N3S. The van der Waals surface area contributed by atoms with E-state index in [1.54, 1.807) is 11.8 Å². The monoisotopic (exact) mass is 261 g/mol. The van der Waals surface area contributed by atoms with Crippen LogP contribution in [-0.2, 0) is 6.54 Å². The smallest absolute Gasteiger partial charge is 0.191 e. The standard InChI is InChI=1S/C14H19N3S/c1-5-17-13(12-8-6-7-11(4)9-12)15-16-14(17)18-10(2)3/h6-10H,5H2,1-4H3. The Morgan fingerprint density at radius 1 is 1.28 bits per heavy atom. The van der Waals surface area contributed by atoms with Crippen molar-refractivity contribution in [2.45, 2.75) is 44.6 Å². The molecule has 2 rings (SSSR count). The molecule has 0 saturated heterocycles. The molecule has 0 fully saturated rings. The van der Waals surface area contributed by atoms with Gasteiger partial charge in [-0.15, -0.1) is 10.2 Å². The summed E-state index contributed by atoms with van der Waals surface area (Å²) in [5, 5.41) is 10.2. The molecule has 3 nitrogen and oxygen atoms in total. The number of thioether (sulfide) groups is 1. The van der Waals surface area contributed by atoms with E-state index in [4.69, 9.17) is 0 Å². The second kappa shape index (κ2) is 5.57. The zero-order valence-corrected chi connectivity index (χ0v) is 12.2. The minimum Gasteiger partial charge on any atom is -0.302 e. The van der Waals surface area contributed by atoms with Crippen LogP contribution >= 0.6 is 11.8 Å². The van der Waals surface area contributed by atoms with E-state index in [0.717, 1.165) is 23.1 Å². The van der Waals surface area contributed by atoms with Crippen molar-refractivity contribution >= 4 is 11.8 Å². The van der Waals surface area contributed by atoms with E-state index in [1.165, 1.54) is 5.56 Å². The molecule has 2 aromatic rings. The Balaban J connectivity index is 2.42. The Morgan fingerprint density at radius 3 is 2.67 bits per heavy atom. The van der Waals surface area contributed by atoms with Crippen molar-refractivity contribution in [3.05, 3.63) is 29.8 Å². The summed E-state index contributed by atoms with van der Waals surface area (Å²) in [6.45, 7) is 9.47. The maximum atomic E-state index is 4.34. The average Bonchev–Trinajstić information content (AvgIpc) is 2.71.